The molecule has 2 aliphatic heterocycles. The number of nitrogens with zero attached hydrogens (tertiary/aromatic N) is 2. The van der Waals surface area contributed by atoms with Crippen LogP contribution in [0.25, 0.3) is 5.57 Å². The minimum Gasteiger partial charge on any atom is -0.273 e. The maximum Gasteiger partial charge on any atom is 0.239 e. The second-order valence-electron chi connectivity index (χ2n) is 8.02. The predicted octanol–water partition coefficient (Wildman–Crippen LogP) is 5.85. The molecule has 0 bridgehead atoms. The normalized spacial score (nSPS) is 18.7. The lowest BCUT2D eigenvalue weighted by Crippen LogP contribution is -2.31. The zero-order valence-electron chi connectivity index (χ0n) is 17.7. The van der Waals surface area contributed by atoms with Crippen molar-refractivity contribution < 1.29 is 4.79 Å². The highest BCUT2D eigenvalue weighted by atomic mass is 32.2. The van der Waals surface area contributed by atoms with Gasteiger partial charge in [0.05, 0.1) is 11.8 Å². The quantitative estimate of drug-likeness (QED) is 0.586. The molecule has 1 amide bonds. The molecular formula is C26H28N2OS. The summed E-state index contributed by atoms with van der Waals surface area (Å²) in [6.45, 7) is 3.69. The molecular weight excluding hydrogens is 388 g/mol. The van der Waals surface area contributed by atoms with Crippen molar-refractivity contribution in [3.8, 4) is 0 Å². The molecule has 2 aromatic carbocycles. The maximum atomic E-state index is 12.4. The van der Waals surface area contributed by atoms with Crippen LogP contribution in [0, 0.1) is 6.92 Å². The molecule has 1 atom stereocenters. The molecule has 154 valence electrons. The minimum atomic E-state index is -0.00348. The van der Waals surface area contributed by atoms with Crippen LogP contribution in [0.1, 0.15) is 49.3 Å². The van der Waals surface area contributed by atoms with Gasteiger partial charge in [-0.2, -0.15) is 16.9 Å². The number of carbonyl (C=O) groups excluding carboxylic acids is 1. The van der Waals surface area contributed by atoms with Gasteiger partial charge in [0.2, 0.25) is 5.91 Å². The summed E-state index contributed by atoms with van der Waals surface area (Å²) in [7, 11) is 0. The number of aryl methyl sites for hydroxylation is 1. The number of carbonyl (C=O) groups is 1. The molecule has 0 aliphatic carbocycles. The van der Waals surface area contributed by atoms with Gasteiger partial charge in [0.15, 0.2) is 0 Å². The molecule has 1 fully saturated rings. The highest BCUT2D eigenvalue weighted by molar-refractivity contribution is 7.99. The summed E-state index contributed by atoms with van der Waals surface area (Å²) < 4.78 is 0. The lowest BCUT2D eigenvalue weighted by Gasteiger charge is -2.21. The van der Waals surface area contributed by atoms with Crippen molar-refractivity contribution >= 4 is 29.0 Å². The summed E-state index contributed by atoms with van der Waals surface area (Å²) in [6.07, 6.45) is 3.74. The van der Waals surface area contributed by atoms with E-state index >= 15 is 0 Å². The Balaban J connectivity index is 1.64. The zero-order valence-corrected chi connectivity index (χ0v) is 18.5. The molecule has 0 unspecified atom stereocenters. The summed E-state index contributed by atoms with van der Waals surface area (Å²) >= 11 is 2.02. The van der Waals surface area contributed by atoms with Crippen molar-refractivity contribution in [1.82, 2.24) is 5.01 Å². The second-order valence-corrected chi connectivity index (χ2v) is 9.25. The van der Waals surface area contributed by atoms with Crippen LogP contribution in [0.2, 0.25) is 0 Å². The standard InChI is InChI=1S/C26H28N2OS/c1-19-8-10-23(11-9-19)26-18-25(28(27-26)20(2)29)17-24(22-6-4-3-5-7-22)16-21-12-14-30-15-13-21/h3-11,25H,12-15,17-18H2,1-2H3/t25-/m0/s1. The maximum absolute atomic E-state index is 12.4. The summed E-state index contributed by atoms with van der Waals surface area (Å²) in [6, 6.07) is 18.9. The van der Waals surface area contributed by atoms with Gasteiger partial charge in [-0.15, -0.1) is 5.73 Å². The van der Waals surface area contributed by atoms with Gasteiger partial charge < -0.3 is 0 Å². The zero-order chi connectivity index (χ0) is 20.9. The Bertz CT molecular complexity index is 993. The van der Waals surface area contributed by atoms with Crippen LogP contribution in [0.5, 0.6) is 0 Å². The van der Waals surface area contributed by atoms with Crippen LogP contribution < -0.4 is 0 Å². The molecule has 3 nitrogen and oxygen atoms in total. The Morgan fingerprint density at radius 1 is 1.10 bits per heavy atom. The number of hydrogen-bond acceptors (Lipinski definition) is 3. The average Bonchev–Trinajstić information content (AvgIpc) is 3.19. The fraction of sp³-hybridized carbons (Fsp3) is 0.346. The van der Waals surface area contributed by atoms with Crippen LogP contribution in [-0.2, 0) is 4.79 Å². The van der Waals surface area contributed by atoms with E-state index in [0.29, 0.717) is 0 Å². The van der Waals surface area contributed by atoms with Crippen molar-refractivity contribution in [2.24, 2.45) is 5.10 Å². The Labute approximate surface area is 183 Å². The Kier molecular flexibility index (Phi) is 6.56. The first-order valence-corrected chi connectivity index (χ1v) is 11.8. The predicted molar refractivity (Wildman–Crippen MR) is 127 cm³/mol. The van der Waals surface area contributed by atoms with E-state index in [1.165, 1.54) is 33.8 Å². The molecule has 30 heavy (non-hydrogen) atoms. The third-order valence-corrected chi connectivity index (χ3v) is 6.68. The van der Waals surface area contributed by atoms with E-state index < -0.39 is 0 Å². The van der Waals surface area contributed by atoms with Gasteiger partial charge in [0.1, 0.15) is 0 Å². The molecule has 2 aliphatic rings. The van der Waals surface area contributed by atoms with E-state index in [-0.39, 0.29) is 11.9 Å². The third kappa shape index (κ3) is 4.95. The largest absolute Gasteiger partial charge is 0.273 e. The first kappa shape index (κ1) is 20.7. The molecule has 0 aromatic heterocycles. The number of rotatable bonds is 4. The topological polar surface area (TPSA) is 32.7 Å². The Morgan fingerprint density at radius 3 is 2.47 bits per heavy atom. The van der Waals surface area contributed by atoms with Crippen molar-refractivity contribution in [1.29, 1.82) is 0 Å². The molecule has 4 rings (SSSR count). The fourth-order valence-corrected chi connectivity index (χ4v) is 5.03. The van der Waals surface area contributed by atoms with E-state index in [1.807, 2.05) is 17.8 Å². The molecule has 2 aromatic rings. The molecule has 0 saturated carbocycles. The highest BCUT2D eigenvalue weighted by Gasteiger charge is 2.31. The molecule has 0 spiro atoms. The van der Waals surface area contributed by atoms with E-state index in [1.54, 1.807) is 11.9 Å². The summed E-state index contributed by atoms with van der Waals surface area (Å²) in [5.74, 6) is 2.35. The van der Waals surface area contributed by atoms with Gasteiger partial charge in [0.25, 0.3) is 0 Å². The lowest BCUT2D eigenvalue weighted by atomic mass is 9.94. The summed E-state index contributed by atoms with van der Waals surface area (Å²) in [5, 5.41) is 6.39. The van der Waals surface area contributed by atoms with Crippen LogP contribution in [0.4, 0.5) is 0 Å². The summed E-state index contributed by atoms with van der Waals surface area (Å²) in [4.78, 5) is 12.4. The monoisotopic (exact) mass is 416 g/mol. The fourth-order valence-electron chi connectivity index (χ4n) is 4.04. The van der Waals surface area contributed by atoms with Crippen LogP contribution in [-0.4, -0.2) is 34.2 Å². The van der Waals surface area contributed by atoms with Gasteiger partial charge in [-0.25, -0.2) is 5.01 Å². The first-order chi connectivity index (χ1) is 14.6. The highest BCUT2D eigenvalue weighted by Crippen LogP contribution is 2.30. The van der Waals surface area contributed by atoms with Gasteiger partial charge >= 0.3 is 0 Å². The third-order valence-electron chi connectivity index (χ3n) is 5.70. The Hall–Kier alpha value is -2.55. The SMILES string of the molecule is CC(=O)N1N=C(c2ccc(C)cc2)C[C@@H]1CC(=C=C1CCSCC1)c1ccccc1. The number of hydrazone groups is 1. The molecule has 0 radical (unpaired) electrons. The van der Waals surface area contributed by atoms with Crippen LogP contribution in [0.3, 0.4) is 0 Å². The average molecular weight is 417 g/mol. The van der Waals surface area contributed by atoms with Crippen LogP contribution >= 0.6 is 11.8 Å². The smallest absolute Gasteiger partial charge is 0.239 e. The van der Waals surface area contributed by atoms with Crippen LogP contribution in [0.15, 0.2) is 71.0 Å². The molecule has 0 N–H and O–H groups in total. The van der Waals surface area contributed by atoms with Crippen molar-refractivity contribution in [3.63, 3.8) is 0 Å². The van der Waals surface area contributed by atoms with E-state index in [9.17, 15) is 4.79 Å². The van der Waals surface area contributed by atoms with Crippen molar-refractivity contribution in [2.45, 2.75) is 45.6 Å². The number of benzene rings is 2. The van der Waals surface area contributed by atoms with E-state index in [2.05, 4.69) is 61.2 Å². The lowest BCUT2D eigenvalue weighted by molar-refractivity contribution is -0.130. The molecule has 2 heterocycles. The molecule has 4 heteroatoms. The van der Waals surface area contributed by atoms with E-state index in [4.69, 9.17) is 5.10 Å². The van der Waals surface area contributed by atoms with Gasteiger partial charge in [-0.3, -0.25) is 4.79 Å². The van der Waals surface area contributed by atoms with Gasteiger partial charge in [-0.05, 0) is 48.0 Å². The van der Waals surface area contributed by atoms with Gasteiger partial charge in [0, 0.05) is 25.3 Å². The Morgan fingerprint density at radius 2 is 1.80 bits per heavy atom. The van der Waals surface area contributed by atoms with Crippen molar-refractivity contribution in [3.05, 3.63) is 82.6 Å². The molecule has 1 saturated heterocycles. The number of thioether (sulfide) groups is 1. The number of amides is 1. The summed E-state index contributed by atoms with van der Waals surface area (Å²) in [5.41, 5.74) is 10.8. The van der Waals surface area contributed by atoms with E-state index in [0.717, 1.165) is 37.0 Å². The van der Waals surface area contributed by atoms with Crippen molar-refractivity contribution in [2.75, 3.05) is 11.5 Å². The number of hydrogen-bond donors (Lipinski definition) is 0. The minimum absolute atomic E-state index is 0.00348. The second kappa shape index (κ2) is 9.51. The van der Waals surface area contributed by atoms with Gasteiger partial charge in [-0.1, -0.05) is 60.2 Å². The first-order valence-electron chi connectivity index (χ1n) is 10.6.